The minimum absolute atomic E-state index is 0.00937. The number of nitrogens with zero attached hydrogens (tertiary/aromatic N) is 2. The van der Waals surface area contributed by atoms with Gasteiger partial charge in [0.1, 0.15) is 11.9 Å². The average Bonchev–Trinajstić information content (AvgIpc) is 2.67. The van der Waals surface area contributed by atoms with E-state index in [-0.39, 0.29) is 23.9 Å². The molecule has 1 heterocycles. The number of hydrogen-bond donors (Lipinski definition) is 2. The summed E-state index contributed by atoms with van der Waals surface area (Å²) in [5, 5.41) is 11.6. The van der Waals surface area contributed by atoms with Crippen molar-refractivity contribution < 1.29 is 14.7 Å². The van der Waals surface area contributed by atoms with Gasteiger partial charge in [0.15, 0.2) is 0 Å². The lowest BCUT2D eigenvalue weighted by Gasteiger charge is -2.33. The fourth-order valence-corrected chi connectivity index (χ4v) is 2.18. The number of amides is 1. The third-order valence-corrected chi connectivity index (χ3v) is 3.49. The maximum atomic E-state index is 12.0. The molecule has 1 amide bonds. The summed E-state index contributed by atoms with van der Waals surface area (Å²) in [7, 11) is 0. The molecule has 2 N–H and O–H groups in total. The van der Waals surface area contributed by atoms with Crippen LogP contribution in [0.3, 0.4) is 0 Å². The second-order valence-corrected chi connectivity index (χ2v) is 4.77. The van der Waals surface area contributed by atoms with E-state index in [4.69, 9.17) is 5.11 Å². The molecule has 0 unspecified atom stereocenters. The molecule has 98 valence electrons. The number of rotatable bonds is 4. The number of aliphatic carboxylic acids is 1. The topological polar surface area (TPSA) is 84.2 Å². The van der Waals surface area contributed by atoms with Gasteiger partial charge in [-0.25, -0.2) is 4.98 Å². The molecule has 18 heavy (non-hydrogen) atoms. The molecule has 6 nitrogen and oxygen atoms in total. The number of hydrogen-bond acceptors (Lipinski definition) is 3. The SMILES string of the molecule is Cc1nccn1[C@@H](C)C(=O)NC1CC(C(=O)O)C1. The van der Waals surface area contributed by atoms with E-state index in [1.54, 1.807) is 23.9 Å². The number of carbonyl (C=O) groups excluding carboxylic acids is 1. The fourth-order valence-electron chi connectivity index (χ4n) is 2.18. The van der Waals surface area contributed by atoms with Crippen LogP contribution in [0.1, 0.15) is 31.6 Å². The van der Waals surface area contributed by atoms with Gasteiger partial charge in [-0.2, -0.15) is 0 Å². The van der Waals surface area contributed by atoms with Crippen molar-refractivity contribution in [2.75, 3.05) is 0 Å². The predicted molar refractivity (Wildman–Crippen MR) is 64.0 cm³/mol. The number of aromatic nitrogens is 2. The van der Waals surface area contributed by atoms with Crippen LogP contribution in [0.2, 0.25) is 0 Å². The lowest BCUT2D eigenvalue weighted by molar-refractivity contribution is -0.146. The Balaban J connectivity index is 1.86. The highest BCUT2D eigenvalue weighted by Crippen LogP contribution is 2.27. The molecular formula is C12H17N3O3. The Labute approximate surface area is 105 Å². The maximum absolute atomic E-state index is 12.0. The van der Waals surface area contributed by atoms with Gasteiger partial charge in [0.25, 0.3) is 0 Å². The normalized spacial score (nSPS) is 24.1. The van der Waals surface area contributed by atoms with E-state index in [0.29, 0.717) is 12.8 Å². The van der Waals surface area contributed by atoms with Crippen molar-refractivity contribution in [3.8, 4) is 0 Å². The highest BCUT2D eigenvalue weighted by Gasteiger charge is 2.36. The molecule has 1 saturated carbocycles. The molecule has 1 aliphatic rings. The van der Waals surface area contributed by atoms with Crippen LogP contribution in [-0.4, -0.2) is 32.6 Å². The van der Waals surface area contributed by atoms with Crippen LogP contribution in [0.15, 0.2) is 12.4 Å². The van der Waals surface area contributed by atoms with Crippen molar-refractivity contribution in [1.82, 2.24) is 14.9 Å². The van der Waals surface area contributed by atoms with Gasteiger partial charge in [-0.15, -0.1) is 0 Å². The molecule has 1 aliphatic carbocycles. The number of carbonyl (C=O) groups is 2. The first-order valence-electron chi connectivity index (χ1n) is 6.01. The van der Waals surface area contributed by atoms with Gasteiger partial charge in [-0.05, 0) is 26.7 Å². The van der Waals surface area contributed by atoms with E-state index in [1.165, 1.54) is 0 Å². The van der Waals surface area contributed by atoms with Crippen molar-refractivity contribution in [2.24, 2.45) is 5.92 Å². The molecule has 1 fully saturated rings. The van der Waals surface area contributed by atoms with Crippen LogP contribution in [0.5, 0.6) is 0 Å². The largest absolute Gasteiger partial charge is 0.481 e. The molecule has 1 aromatic rings. The van der Waals surface area contributed by atoms with Gasteiger partial charge in [-0.3, -0.25) is 9.59 Å². The van der Waals surface area contributed by atoms with E-state index < -0.39 is 5.97 Å². The smallest absolute Gasteiger partial charge is 0.306 e. The Kier molecular flexibility index (Phi) is 3.36. The zero-order valence-electron chi connectivity index (χ0n) is 10.5. The van der Waals surface area contributed by atoms with Crippen LogP contribution >= 0.6 is 0 Å². The Morgan fingerprint density at radius 3 is 2.72 bits per heavy atom. The molecule has 6 heteroatoms. The molecule has 2 rings (SSSR count). The Bertz CT molecular complexity index is 463. The average molecular weight is 251 g/mol. The van der Waals surface area contributed by atoms with Crippen LogP contribution in [0.4, 0.5) is 0 Å². The third-order valence-electron chi connectivity index (χ3n) is 3.49. The Hall–Kier alpha value is -1.85. The molecule has 0 spiro atoms. The second-order valence-electron chi connectivity index (χ2n) is 4.77. The van der Waals surface area contributed by atoms with Gasteiger partial charge in [-0.1, -0.05) is 0 Å². The number of imidazole rings is 1. The molecule has 0 radical (unpaired) electrons. The Morgan fingerprint density at radius 2 is 2.22 bits per heavy atom. The highest BCUT2D eigenvalue weighted by atomic mass is 16.4. The van der Waals surface area contributed by atoms with Gasteiger partial charge in [0, 0.05) is 18.4 Å². The summed E-state index contributed by atoms with van der Waals surface area (Å²) in [6.45, 7) is 3.64. The summed E-state index contributed by atoms with van der Waals surface area (Å²) < 4.78 is 1.79. The zero-order valence-corrected chi connectivity index (χ0v) is 10.5. The van der Waals surface area contributed by atoms with E-state index in [2.05, 4.69) is 10.3 Å². The number of nitrogens with one attached hydrogen (secondary N) is 1. The van der Waals surface area contributed by atoms with Gasteiger partial charge in [0.2, 0.25) is 5.91 Å². The summed E-state index contributed by atoms with van der Waals surface area (Å²) in [5.74, 6) is -0.390. The van der Waals surface area contributed by atoms with Gasteiger partial charge in [0.05, 0.1) is 5.92 Å². The fraction of sp³-hybridized carbons (Fsp3) is 0.583. The van der Waals surface area contributed by atoms with E-state index >= 15 is 0 Å². The van der Waals surface area contributed by atoms with E-state index in [1.807, 2.05) is 6.92 Å². The molecule has 0 saturated heterocycles. The zero-order chi connectivity index (χ0) is 13.3. The van der Waals surface area contributed by atoms with Crippen molar-refractivity contribution in [2.45, 2.75) is 38.8 Å². The second kappa shape index (κ2) is 4.80. The first kappa shape index (κ1) is 12.6. The summed E-state index contributed by atoms with van der Waals surface area (Å²) in [6, 6.07) is -0.332. The molecule has 0 aromatic carbocycles. The van der Waals surface area contributed by atoms with Crippen molar-refractivity contribution in [3.05, 3.63) is 18.2 Å². The predicted octanol–water partition coefficient (Wildman–Crippen LogP) is 0.732. The van der Waals surface area contributed by atoms with Gasteiger partial charge < -0.3 is 15.0 Å². The molecule has 1 aromatic heterocycles. The van der Waals surface area contributed by atoms with Crippen molar-refractivity contribution in [3.63, 3.8) is 0 Å². The number of carboxylic acids is 1. The van der Waals surface area contributed by atoms with Crippen molar-refractivity contribution >= 4 is 11.9 Å². The summed E-state index contributed by atoms with van der Waals surface area (Å²) in [5.41, 5.74) is 0. The summed E-state index contributed by atoms with van der Waals surface area (Å²) in [6.07, 6.45) is 4.47. The monoisotopic (exact) mass is 251 g/mol. The van der Waals surface area contributed by atoms with Crippen LogP contribution in [0.25, 0.3) is 0 Å². The minimum atomic E-state index is -0.779. The minimum Gasteiger partial charge on any atom is -0.481 e. The maximum Gasteiger partial charge on any atom is 0.306 e. The lowest BCUT2D eigenvalue weighted by Crippen LogP contribution is -2.48. The quantitative estimate of drug-likeness (QED) is 0.826. The highest BCUT2D eigenvalue weighted by molar-refractivity contribution is 5.81. The van der Waals surface area contributed by atoms with Crippen LogP contribution < -0.4 is 5.32 Å². The molecule has 0 bridgehead atoms. The summed E-state index contributed by atoms with van der Waals surface area (Å²) in [4.78, 5) is 26.7. The van der Waals surface area contributed by atoms with Crippen LogP contribution in [0, 0.1) is 12.8 Å². The first-order chi connectivity index (χ1) is 8.49. The number of carboxylic acid groups (broad SMARTS) is 1. The third kappa shape index (κ3) is 2.37. The van der Waals surface area contributed by atoms with Gasteiger partial charge >= 0.3 is 5.97 Å². The molecule has 0 aliphatic heterocycles. The van der Waals surface area contributed by atoms with Crippen LogP contribution in [-0.2, 0) is 9.59 Å². The Morgan fingerprint density at radius 1 is 1.56 bits per heavy atom. The van der Waals surface area contributed by atoms with Crippen molar-refractivity contribution in [1.29, 1.82) is 0 Å². The first-order valence-corrected chi connectivity index (χ1v) is 6.01. The lowest BCUT2D eigenvalue weighted by atomic mass is 9.80. The van der Waals surface area contributed by atoms with E-state index in [9.17, 15) is 9.59 Å². The molecular weight excluding hydrogens is 234 g/mol. The number of aryl methyl sites for hydroxylation is 1. The van der Waals surface area contributed by atoms with E-state index in [0.717, 1.165) is 5.82 Å². The summed E-state index contributed by atoms with van der Waals surface area (Å²) >= 11 is 0. The standard InChI is InChI=1S/C12H17N3O3/c1-7(15-4-3-13-8(15)2)11(16)14-10-5-9(6-10)12(17)18/h3-4,7,9-10H,5-6H2,1-2H3,(H,14,16)(H,17,18)/t7-,9?,10?/m0/s1. The molecule has 1 atom stereocenters.